The molecular formula is C10H12F3NO2Sn. The molecular weight excluding hydrogens is 342 g/mol. The molecule has 0 saturated carbocycles. The van der Waals surface area contributed by atoms with E-state index < -0.39 is 40.7 Å². The van der Waals surface area contributed by atoms with Gasteiger partial charge in [-0.3, -0.25) is 0 Å². The van der Waals surface area contributed by atoms with E-state index in [1.165, 1.54) is 6.07 Å². The molecule has 0 unspecified atom stereocenters. The van der Waals surface area contributed by atoms with Crippen LogP contribution in [-0.2, 0) is 6.18 Å². The van der Waals surface area contributed by atoms with Crippen molar-refractivity contribution >= 4 is 27.6 Å². The van der Waals surface area contributed by atoms with Gasteiger partial charge in [0.15, 0.2) is 0 Å². The number of halogens is 3. The minimum absolute atomic E-state index is 0.400. The van der Waals surface area contributed by atoms with Gasteiger partial charge in [0.05, 0.1) is 0 Å². The quantitative estimate of drug-likeness (QED) is 0.465. The average molecular weight is 354 g/mol. The van der Waals surface area contributed by atoms with Crippen LogP contribution < -0.4 is 3.58 Å². The third-order valence-electron chi connectivity index (χ3n) is 2.33. The number of nitro groups is 1. The molecule has 0 heterocycles. The molecule has 0 N–H and O–H groups in total. The standard InChI is InChI=1S/C7H3F3NO2.3CH3.Sn/c8-7(9,10)5-2-1-3-6(4-5)11(12)13;;;;/h1-2,4H;3*1H3;. The van der Waals surface area contributed by atoms with Gasteiger partial charge >= 0.3 is 101 Å². The third-order valence-corrected chi connectivity index (χ3v) is 8.15. The monoisotopic (exact) mass is 355 g/mol. The molecule has 1 rings (SSSR count). The van der Waals surface area contributed by atoms with Crippen molar-refractivity contribution in [1.82, 2.24) is 0 Å². The summed E-state index contributed by atoms with van der Waals surface area (Å²) in [5, 5.41) is 10.8. The van der Waals surface area contributed by atoms with Crippen LogP contribution in [0.1, 0.15) is 5.56 Å². The van der Waals surface area contributed by atoms with Gasteiger partial charge in [0.1, 0.15) is 0 Å². The van der Waals surface area contributed by atoms with Crippen LogP contribution in [-0.4, -0.2) is 23.3 Å². The van der Waals surface area contributed by atoms with E-state index >= 15 is 0 Å². The van der Waals surface area contributed by atoms with Gasteiger partial charge in [-0.15, -0.1) is 0 Å². The first-order valence-corrected chi connectivity index (χ1v) is 14.9. The van der Waals surface area contributed by atoms with Crippen LogP contribution >= 0.6 is 0 Å². The topological polar surface area (TPSA) is 43.1 Å². The number of nitrogens with zero attached hydrogens (tertiary/aromatic N) is 1. The van der Waals surface area contributed by atoms with Crippen molar-refractivity contribution in [1.29, 1.82) is 0 Å². The predicted octanol–water partition coefficient (Wildman–Crippen LogP) is 3.16. The van der Waals surface area contributed by atoms with Crippen LogP contribution in [0.3, 0.4) is 0 Å². The van der Waals surface area contributed by atoms with Gasteiger partial charge in [0.2, 0.25) is 0 Å². The molecule has 94 valence electrons. The fourth-order valence-corrected chi connectivity index (χ4v) is 5.82. The summed E-state index contributed by atoms with van der Waals surface area (Å²) in [7, 11) is 0. The molecule has 0 saturated heterocycles. The maximum atomic E-state index is 12.5. The van der Waals surface area contributed by atoms with Crippen LogP contribution in [0.25, 0.3) is 0 Å². The maximum absolute atomic E-state index is 12.5. The van der Waals surface area contributed by atoms with Gasteiger partial charge in [0, 0.05) is 0 Å². The summed E-state index contributed by atoms with van der Waals surface area (Å²) in [6.07, 6.45) is -4.54. The van der Waals surface area contributed by atoms with Crippen molar-refractivity contribution < 1.29 is 18.1 Å². The summed E-state index contributed by atoms with van der Waals surface area (Å²) in [6.45, 7) is 0. The van der Waals surface area contributed by atoms with Crippen molar-refractivity contribution in [3.63, 3.8) is 0 Å². The normalized spacial score (nSPS) is 12.6. The molecule has 0 aliphatic rings. The van der Waals surface area contributed by atoms with Crippen molar-refractivity contribution in [2.75, 3.05) is 0 Å². The second-order valence-electron chi connectivity index (χ2n) is 4.74. The van der Waals surface area contributed by atoms with Gasteiger partial charge < -0.3 is 0 Å². The van der Waals surface area contributed by atoms with E-state index in [0.717, 1.165) is 6.07 Å². The van der Waals surface area contributed by atoms with Crippen LogP contribution in [0.15, 0.2) is 18.2 Å². The molecule has 3 nitrogen and oxygen atoms in total. The Morgan fingerprint density at radius 1 is 1.24 bits per heavy atom. The molecule has 0 radical (unpaired) electrons. The van der Waals surface area contributed by atoms with Crippen LogP contribution in [0.2, 0.25) is 14.8 Å². The number of benzene rings is 1. The summed E-state index contributed by atoms with van der Waals surface area (Å²) in [4.78, 5) is 15.9. The number of hydrogen-bond acceptors (Lipinski definition) is 2. The molecule has 0 bridgehead atoms. The Morgan fingerprint density at radius 2 is 1.76 bits per heavy atom. The minimum atomic E-state index is -4.54. The zero-order chi connectivity index (χ0) is 13.4. The molecule has 0 aliphatic heterocycles. The molecule has 0 spiro atoms. The Bertz CT molecular complexity index is 452. The van der Waals surface area contributed by atoms with Crippen molar-refractivity contribution in [2.24, 2.45) is 0 Å². The van der Waals surface area contributed by atoms with E-state index in [0.29, 0.717) is 9.65 Å². The zero-order valence-electron chi connectivity index (χ0n) is 9.63. The van der Waals surface area contributed by atoms with E-state index in [1.807, 2.05) is 14.8 Å². The summed E-state index contributed by atoms with van der Waals surface area (Å²) in [5.74, 6) is 0. The van der Waals surface area contributed by atoms with E-state index in [4.69, 9.17) is 0 Å². The van der Waals surface area contributed by atoms with Crippen LogP contribution in [0, 0.1) is 10.1 Å². The molecule has 17 heavy (non-hydrogen) atoms. The summed E-state index contributed by atoms with van der Waals surface area (Å²) < 4.78 is 37.9. The molecule has 0 atom stereocenters. The Kier molecular flexibility index (Phi) is 3.75. The average Bonchev–Trinajstić information content (AvgIpc) is 2.14. The van der Waals surface area contributed by atoms with Gasteiger partial charge in [0.25, 0.3) is 0 Å². The first-order chi connectivity index (χ1) is 7.53. The van der Waals surface area contributed by atoms with Gasteiger partial charge in [-0.25, -0.2) is 0 Å². The molecule has 0 aromatic heterocycles. The van der Waals surface area contributed by atoms with Gasteiger partial charge in [-0.2, -0.15) is 0 Å². The van der Waals surface area contributed by atoms with Gasteiger partial charge in [-0.1, -0.05) is 0 Å². The first-order valence-electron chi connectivity index (χ1n) is 4.89. The Balaban J connectivity index is 3.43. The second-order valence-corrected chi connectivity index (χ2v) is 19.1. The Labute approximate surface area is 101 Å². The second kappa shape index (κ2) is 4.47. The van der Waals surface area contributed by atoms with Crippen LogP contribution in [0.5, 0.6) is 0 Å². The molecule has 0 fully saturated rings. The van der Waals surface area contributed by atoms with Crippen molar-refractivity contribution in [2.45, 2.75) is 21.0 Å². The first kappa shape index (κ1) is 14.3. The summed E-state index contributed by atoms with van der Waals surface area (Å²) in [5.41, 5.74) is -1.37. The van der Waals surface area contributed by atoms with E-state index in [9.17, 15) is 23.3 Å². The third kappa shape index (κ3) is 3.33. The molecule has 7 heteroatoms. The number of alkyl halides is 3. The zero-order valence-corrected chi connectivity index (χ0v) is 12.5. The van der Waals surface area contributed by atoms with E-state index in [-0.39, 0.29) is 0 Å². The van der Waals surface area contributed by atoms with Crippen LogP contribution in [0.4, 0.5) is 18.9 Å². The molecule has 1 aromatic carbocycles. The predicted molar refractivity (Wildman–Crippen MR) is 61.1 cm³/mol. The number of nitro benzene ring substituents is 1. The Morgan fingerprint density at radius 3 is 2.12 bits per heavy atom. The Hall–Kier alpha value is -0.791. The van der Waals surface area contributed by atoms with E-state index in [1.54, 1.807) is 0 Å². The number of hydrogen-bond donors (Lipinski definition) is 0. The number of rotatable bonds is 2. The van der Waals surface area contributed by atoms with Gasteiger partial charge in [-0.05, 0) is 0 Å². The summed E-state index contributed by atoms with van der Waals surface area (Å²) in [6, 6.07) is 2.82. The SMILES string of the molecule is [CH3][Sn]([CH3])([CH3])[c]1ccc(C(F)(F)F)cc1[N+](=O)[O-]. The van der Waals surface area contributed by atoms with Crippen molar-refractivity contribution in [3.05, 3.63) is 33.9 Å². The van der Waals surface area contributed by atoms with Crippen molar-refractivity contribution in [3.8, 4) is 0 Å². The summed E-state index contributed by atoms with van der Waals surface area (Å²) >= 11 is -2.78. The molecule has 0 amide bonds. The molecule has 1 aromatic rings. The fourth-order valence-electron chi connectivity index (χ4n) is 1.49. The van der Waals surface area contributed by atoms with E-state index in [2.05, 4.69) is 0 Å². The molecule has 0 aliphatic carbocycles. The fraction of sp³-hybridized carbons (Fsp3) is 0.400.